The minimum Gasteiger partial charge on any atom is -0.309 e. The molecule has 0 fully saturated rings. The minimum absolute atomic E-state index is 0.0574. The lowest BCUT2D eigenvalue weighted by molar-refractivity contribution is 1.03. The highest BCUT2D eigenvalue weighted by molar-refractivity contribution is 5.75. The van der Waals surface area contributed by atoms with E-state index in [0.29, 0.717) is 0 Å². The van der Waals surface area contributed by atoms with Crippen LogP contribution in [-0.4, -0.2) is 4.57 Å². The fraction of sp³-hybridized carbons (Fsp3) is 0.115. The molecule has 0 aliphatic rings. The van der Waals surface area contributed by atoms with Crippen molar-refractivity contribution in [1.82, 2.24) is 4.57 Å². The summed E-state index contributed by atoms with van der Waals surface area (Å²) < 4.78 is 2.22. The van der Waals surface area contributed by atoms with Crippen LogP contribution in [0.25, 0.3) is 28.2 Å². The number of para-hydroxylation sites is 1. The van der Waals surface area contributed by atoms with E-state index in [4.69, 9.17) is 0 Å². The molecule has 138 valence electrons. The van der Waals surface area contributed by atoms with Crippen molar-refractivity contribution in [3.8, 4) is 28.2 Å². The van der Waals surface area contributed by atoms with Gasteiger partial charge in [-0.25, -0.2) is 0 Å². The van der Waals surface area contributed by atoms with Crippen LogP contribution in [0.4, 0.5) is 0 Å². The summed E-state index contributed by atoms with van der Waals surface area (Å²) in [6, 6.07) is 28.4. The van der Waals surface area contributed by atoms with Gasteiger partial charge >= 0.3 is 0 Å². The molecule has 0 radical (unpaired) electrons. The van der Waals surface area contributed by atoms with Crippen LogP contribution in [-0.2, 0) is 0 Å². The normalized spacial score (nSPS) is 10.8. The molecule has 0 atom stereocenters. The first kappa shape index (κ1) is 18.0. The predicted molar refractivity (Wildman–Crippen MR) is 117 cm³/mol. The van der Waals surface area contributed by atoms with Crippen LogP contribution in [0.5, 0.6) is 0 Å². The van der Waals surface area contributed by atoms with Crippen molar-refractivity contribution in [2.45, 2.75) is 20.8 Å². The molecule has 0 saturated carbocycles. The molecule has 0 saturated heterocycles. The number of hydrogen-bond acceptors (Lipinski definition) is 1. The Bertz CT molecular complexity index is 1190. The molecule has 4 aromatic rings. The van der Waals surface area contributed by atoms with E-state index in [1.165, 1.54) is 11.1 Å². The Hall–Kier alpha value is -3.39. The fourth-order valence-corrected chi connectivity index (χ4v) is 3.70. The highest BCUT2D eigenvalue weighted by atomic mass is 16.1. The molecule has 0 unspecified atom stereocenters. The van der Waals surface area contributed by atoms with Gasteiger partial charge in [0.1, 0.15) is 0 Å². The summed E-state index contributed by atoms with van der Waals surface area (Å²) in [5, 5.41) is 0. The van der Waals surface area contributed by atoms with E-state index in [2.05, 4.69) is 60.9 Å². The van der Waals surface area contributed by atoms with Crippen molar-refractivity contribution in [2.75, 3.05) is 0 Å². The largest absolute Gasteiger partial charge is 0.309 e. The number of aromatic nitrogens is 1. The first-order valence-corrected chi connectivity index (χ1v) is 9.52. The molecule has 0 amide bonds. The van der Waals surface area contributed by atoms with Gasteiger partial charge in [-0.05, 0) is 49.6 Å². The lowest BCUT2D eigenvalue weighted by Gasteiger charge is -2.23. The molecule has 0 bridgehead atoms. The van der Waals surface area contributed by atoms with Crippen molar-refractivity contribution in [2.24, 2.45) is 0 Å². The van der Waals surface area contributed by atoms with Gasteiger partial charge in [0.2, 0.25) is 0 Å². The van der Waals surface area contributed by atoms with Crippen LogP contribution < -0.4 is 5.43 Å². The Kier molecular flexibility index (Phi) is 4.70. The second-order valence-electron chi connectivity index (χ2n) is 7.15. The first-order valence-electron chi connectivity index (χ1n) is 9.52. The van der Waals surface area contributed by atoms with Crippen LogP contribution >= 0.6 is 0 Å². The van der Waals surface area contributed by atoms with Crippen LogP contribution in [0.3, 0.4) is 0 Å². The zero-order valence-electron chi connectivity index (χ0n) is 16.4. The quantitative estimate of drug-likeness (QED) is 0.430. The van der Waals surface area contributed by atoms with Crippen LogP contribution in [0, 0.1) is 20.8 Å². The minimum atomic E-state index is 0.0574. The Morgan fingerprint density at radius 3 is 2.00 bits per heavy atom. The molecular formula is C26H23NO. The highest BCUT2D eigenvalue weighted by Gasteiger charge is 2.18. The van der Waals surface area contributed by atoms with E-state index in [-0.39, 0.29) is 5.43 Å². The summed E-state index contributed by atoms with van der Waals surface area (Å²) in [4.78, 5) is 13.0. The maximum absolute atomic E-state index is 13.0. The zero-order valence-corrected chi connectivity index (χ0v) is 16.4. The second-order valence-corrected chi connectivity index (χ2v) is 7.15. The Morgan fingerprint density at radius 2 is 1.32 bits per heavy atom. The topological polar surface area (TPSA) is 22.0 Å². The van der Waals surface area contributed by atoms with Crippen molar-refractivity contribution in [3.05, 3.63) is 112 Å². The van der Waals surface area contributed by atoms with E-state index in [9.17, 15) is 4.79 Å². The monoisotopic (exact) mass is 365 g/mol. The maximum Gasteiger partial charge on any atom is 0.185 e. The van der Waals surface area contributed by atoms with Gasteiger partial charge in [-0.15, -0.1) is 0 Å². The number of pyridine rings is 1. The van der Waals surface area contributed by atoms with Gasteiger partial charge < -0.3 is 4.57 Å². The Balaban J connectivity index is 2.18. The molecule has 0 spiro atoms. The van der Waals surface area contributed by atoms with E-state index in [0.717, 1.165) is 33.8 Å². The molecule has 0 aliphatic heterocycles. The van der Waals surface area contributed by atoms with Crippen LogP contribution in [0.15, 0.2) is 89.7 Å². The van der Waals surface area contributed by atoms with Crippen molar-refractivity contribution in [1.29, 1.82) is 0 Å². The second kappa shape index (κ2) is 7.32. The van der Waals surface area contributed by atoms with Gasteiger partial charge in [-0.2, -0.15) is 0 Å². The molecule has 0 aliphatic carbocycles. The summed E-state index contributed by atoms with van der Waals surface area (Å²) in [6.07, 6.45) is 0. The fourth-order valence-electron chi connectivity index (χ4n) is 3.70. The van der Waals surface area contributed by atoms with Crippen LogP contribution in [0.2, 0.25) is 0 Å². The van der Waals surface area contributed by atoms with Crippen molar-refractivity contribution >= 4 is 0 Å². The van der Waals surface area contributed by atoms with Gasteiger partial charge in [0, 0.05) is 22.9 Å². The maximum atomic E-state index is 13.0. The third-order valence-electron chi connectivity index (χ3n) is 5.40. The van der Waals surface area contributed by atoms with Crippen LogP contribution in [0.1, 0.15) is 16.7 Å². The smallest absolute Gasteiger partial charge is 0.185 e. The van der Waals surface area contributed by atoms with Gasteiger partial charge in [-0.1, -0.05) is 66.7 Å². The highest BCUT2D eigenvalue weighted by Crippen LogP contribution is 2.33. The predicted octanol–water partition coefficient (Wildman–Crippen LogP) is 6.10. The third-order valence-corrected chi connectivity index (χ3v) is 5.40. The van der Waals surface area contributed by atoms with Gasteiger partial charge in [0.25, 0.3) is 0 Å². The molecule has 2 nitrogen and oxygen atoms in total. The molecule has 1 aromatic heterocycles. The lowest BCUT2D eigenvalue weighted by atomic mass is 9.96. The standard InChI is InChI=1S/C26H23NO/c1-18-11-10-16-23(19(18)2)26-20(3)25(28)17-24(21-12-6-4-7-13-21)27(26)22-14-8-5-9-15-22/h4-17H,1-3H3. The van der Waals surface area contributed by atoms with E-state index < -0.39 is 0 Å². The number of rotatable bonds is 3. The molecular weight excluding hydrogens is 342 g/mol. The van der Waals surface area contributed by atoms with Crippen molar-refractivity contribution < 1.29 is 0 Å². The zero-order chi connectivity index (χ0) is 19.7. The molecule has 1 heterocycles. The number of nitrogens with zero attached hydrogens (tertiary/aromatic N) is 1. The summed E-state index contributed by atoms with van der Waals surface area (Å²) in [5.41, 5.74) is 8.25. The average Bonchev–Trinajstić information content (AvgIpc) is 2.73. The van der Waals surface area contributed by atoms with Gasteiger partial charge in [0.15, 0.2) is 5.43 Å². The van der Waals surface area contributed by atoms with Crippen molar-refractivity contribution in [3.63, 3.8) is 0 Å². The third kappa shape index (κ3) is 3.07. The van der Waals surface area contributed by atoms with E-state index in [1.807, 2.05) is 43.3 Å². The lowest BCUT2D eigenvalue weighted by Crippen LogP contribution is -2.16. The molecule has 28 heavy (non-hydrogen) atoms. The van der Waals surface area contributed by atoms with Gasteiger partial charge in [0.05, 0.1) is 11.4 Å². The summed E-state index contributed by atoms with van der Waals surface area (Å²) in [5.74, 6) is 0. The number of benzene rings is 3. The van der Waals surface area contributed by atoms with E-state index in [1.54, 1.807) is 6.07 Å². The molecule has 3 aromatic carbocycles. The summed E-state index contributed by atoms with van der Waals surface area (Å²) in [6.45, 7) is 6.16. The average molecular weight is 365 g/mol. The van der Waals surface area contributed by atoms with Gasteiger partial charge in [-0.3, -0.25) is 4.79 Å². The molecule has 0 N–H and O–H groups in total. The number of aryl methyl sites for hydroxylation is 1. The molecule has 2 heteroatoms. The SMILES string of the molecule is Cc1cccc(-c2c(C)c(=O)cc(-c3ccccc3)n2-c2ccccc2)c1C. The first-order chi connectivity index (χ1) is 13.6. The molecule has 4 rings (SSSR count). The number of hydrogen-bond donors (Lipinski definition) is 0. The summed E-state index contributed by atoms with van der Waals surface area (Å²) in [7, 11) is 0. The van der Waals surface area contributed by atoms with E-state index >= 15 is 0 Å². The summed E-state index contributed by atoms with van der Waals surface area (Å²) >= 11 is 0. The Morgan fingerprint density at radius 1 is 0.679 bits per heavy atom. The Labute approximate surface area is 165 Å².